The van der Waals surface area contributed by atoms with Gasteiger partial charge in [-0.05, 0) is 52.3 Å². The van der Waals surface area contributed by atoms with Crippen LogP contribution in [0, 0.1) is 11.6 Å². The van der Waals surface area contributed by atoms with Crippen LogP contribution in [0.2, 0.25) is 0 Å². The fraction of sp³-hybridized carbons (Fsp3) is 0. The minimum atomic E-state index is -0.580. The molecule has 0 heterocycles. The van der Waals surface area contributed by atoms with E-state index < -0.39 is 17.5 Å². The summed E-state index contributed by atoms with van der Waals surface area (Å²) in [7, 11) is 0. The van der Waals surface area contributed by atoms with Gasteiger partial charge in [-0.25, -0.2) is 8.78 Å². The molecule has 0 unspecified atom stereocenters. The third-order valence-corrected chi connectivity index (χ3v) is 3.49. The van der Waals surface area contributed by atoms with Crippen LogP contribution in [0.4, 0.5) is 14.5 Å². The second kappa shape index (κ2) is 5.79. The average molecular weight is 391 g/mol. The van der Waals surface area contributed by atoms with Gasteiger partial charge in [0.05, 0.1) is 10.2 Å². The summed E-state index contributed by atoms with van der Waals surface area (Å²) in [6, 6.07) is 8.11. The molecule has 0 aliphatic heterocycles. The lowest BCUT2D eigenvalue weighted by Gasteiger charge is -2.07. The highest BCUT2D eigenvalue weighted by Gasteiger charge is 2.11. The van der Waals surface area contributed by atoms with E-state index in [0.29, 0.717) is 4.47 Å². The van der Waals surface area contributed by atoms with Crippen molar-refractivity contribution in [3.05, 3.63) is 62.5 Å². The minimum absolute atomic E-state index is 0.0303. The molecule has 0 saturated heterocycles. The van der Waals surface area contributed by atoms with Crippen molar-refractivity contribution in [2.45, 2.75) is 0 Å². The van der Waals surface area contributed by atoms with Crippen LogP contribution < -0.4 is 5.32 Å². The van der Waals surface area contributed by atoms with Crippen LogP contribution in [0.1, 0.15) is 10.4 Å². The van der Waals surface area contributed by atoms with Gasteiger partial charge in [0, 0.05) is 10.0 Å². The van der Waals surface area contributed by atoms with E-state index in [1.807, 2.05) is 0 Å². The lowest BCUT2D eigenvalue weighted by atomic mass is 10.2. The first kappa shape index (κ1) is 14.1. The maximum Gasteiger partial charge on any atom is 0.255 e. The van der Waals surface area contributed by atoms with Crippen LogP contribution in [0.3, 0.4) is 0 Å². The zero-order valence-corrected chi connectivity index (χ0v) is 12.6. The summed E-state index contributed by atoms with van der Waals surface area (Å²) in [6.45, 7) is 0. The summed E-state index contributed by atoms with van der Waals surface area (Å²) in [6.07, 6.45) is 0. The molecule has 0 atom stereocenters. The summed E-state index contributed by atoms with van der Waals surface area (Å²) in [5, 5.41) is 2.39. The Labute approximate surface area is 125 Å². The predicted octanol–water partition coefficient (Wildman–Crippen LogP) is 4.74. The lowest BCUT2D eigenvalue weighted by Crippen LogP contribution is -2.13. The van der Waals surface area contributed by atoms with Crippen molar-refractivity contribution >= 4 is 43.5 Å². The van der Waals surface area contributed by atoms with E-state index in [1.54, 1.807) is 0 Å². The molecule has 1 N–H and O–H groups in total. The fourth-order valence-corrected chi connectivity index (χ4v) is 2.03. The molecule has 0 aromatic heterocycles. The molecule has 2 aromatic rings. The standard InChI is InChI=1S/C13H7Br2F2NO/c14-8-2-4-10(16)12(6-8)18-13(19)7-1-3-9(15)11(17)5-7/h1-6H,(H,18,19). The highest BCUT2D eigenvalue weighted by Crippen LogP contribution is 2.22. The lowest BCUT2D eigenvalue weighted by molar-refractivity contribution is 0.102. The van der Waals surface area contributed by atoms with E-state index in [2.05, 4.69) is 37.2 Å². The summed E-state index contributed by atoms with van der Waals surface area (Å²) in [4.78, 5) is 11.9. The minimum Gasteiger partial charge on any atom is -0.319 e. The zero-order valence-electron chi connectivity index (χ0n) is 9.38. The van der Waals surface area contributed by atoms with Gasteiger partial charge >= 0.3 is 0 Å². The van der Waals surface area contributed by atoms with Crippen LogP contribution in [0.5, 0.6) is 0 Å². The molecule has 0 aliphatic rings. The number of halogens is 4. The van der Waals surface area contributed by atoms with Crippen LogP contribution in [-0.2, 0) is 0 Å². The SMILES string of the molecule is O=C(Nc1cc(Br)ccc1F)c1ccc(Br)c(F)c1. The predicted molar refractivity (Wildman–Crippen MR) is 76.2 cm³/mol. The number of amides is 1. The molecular formula is C13H7Br2F2NO. The number of anilines is 1. The molecule has 1 amide bonds. The number of nitrogens with one attached hydrogen (secondary N) is 1. The Bertz CT molecular complexity index is 647. The highest BCUT2D eigenvalue weighted by molar-refractivity contribution is 9.10. The Hall–Kier alpha value is -1.27. The van der Waals surface area contributed by atoms with Gasteiger partial charge in [-0.2, -0.15) is 0 Å². The average Bonchev–Trinajstić information content (AvgIpc) is 2.37. The normalized spacial score (nSPS) is 10.3. The van der Waals surface area contributed by atoms with Gasteiger partial charge in [-0.15, -0.1) is 0 Å². The zero-order chi connectivity index (χ0) is 14.0. The number of carbonyl (C=O) groups is 1. The topological polar surface area (TPSA) is 29.1 Å². The molecule has 0 saturated carbocycles. The Morgan fingerprint density at radius 1 is 1.00 bits per heavy atom. The monoisotopic (exact) mass is 389 g/mol. The Kier molecular flexibility index (Phi) is 4.31. The summed E-state index contributed by atoms with van der Waals surface area (Å²) in [5.41, 5.74) is 0.141. The van der Waals surface area contributed by atoms with Gasteiger partial charge < -0.3 is 5.32 Å². The van der Waals surface area contributed by atoms with Gasteiger partial charge in [0.1, 0.15) is 11.6 Å². The van der Waals surface area contributed by atoms with E-state index >= 15 is 0 Å². The van der Waals surface area contributed by atoms with Crippen LogP contribution in [0.15, 0.2) is 45.3 Å². The van der Waals surface area contributed by atoms with Crippen LogP contribution >= 0.6 is 31.9 Å². The van der Waals surface area contributed by atoms with Gasteiger partial charge in [0.25, 0.3) is 5.91 Å². The van der Waals surface area contributed by atoms with Crippen molar-refractivity contribution in [3.8, 4) is 0 Å². The molecule has 0 bridgehead atoms. The van der Waals surface area contributed by atoms with Crippen molar-refractivity contribution in [1.82, 2.24) is 0 Å². The van der Waals surface area contributed by atoms with Crippen molar-refractivity contribution in [3.63, 3.8) is 0 Å². The van der Waals surface area contributed by atoms with E-state index in [4.69, 9.17) is 0 Å². The van der Waals surface area contributed by atoms with Crippen molar-refractivity contribution in [2.24, 2.45) is 0 Å². The molecule has 98 valence electrons. The molecule has 0 fully saturated rings. The van der Waals surface area contributed by atoms with E-state index in [0.717, 1.165) is 6.07 Å². The van der Waals surface area contributed by atoms with Gasteiger partial charge in [0.2, 0.25) is 0 Å². The second-order valence-electron chi connectivity index (χ2n) is 3.71. The Balaban J connectivity index is 2.25. The third-order valence-electron chi connectivity index (χ3n) is 2.36. The van der Waals surface area contributed by atoms with E-state index in [1.165, 1.54) is 30.3 Å². The van der Waals surface area contributed by atoms with Crippen LogP contribution in [0.25, 0.3) is 0 Å². The van der Waals surface area contributed by atoms with E-state index in [9.17, 15) is 13.6 Å². The molecule has 19 heavy (non-hydrogen) atoms. The van der Waals surface area contributed by atoms with Crippen LogP contribution in [-0.4, -0.2) is 5.91 Å². The van der Waals surface area contributed by atoms with Gasteiger partial charge in [-0.1, -0.05) is 15.9 Å². The molecule has 2 nitrogen and oxygen atoms in total. The highest BCUT2D eigenvalue weighted by atomic mass is 79.9. The smallest absolute Gasteiger partial charge is 0.255 e. The van der Waals surface area contributed by atoms with Gasteiger partial charge in [-0.3, -0.25) is 4.79 Å². The second-order valence-corrected chi connectivity index (χ2v) is 5.48. The van der Waals surface area contributed by atoms with Crippen molar-refractivity contribution < 1.29 is 13.6 Å². The summed E-state index contributed by atoms with van der Waals surface area (Å²) >= 11 is 6.17. The quantitative estimate of drug-likeness (QED) is 0.788. The first-order chi connectivity index (χ1) is 8.97. The Morgan fingerprint density at radius 3 is 2.42 bits per heavy atom. The number of hydrogen-bond acceptors (Lipinski definition) is 1. The maximum absolute atomic E-state index is 13.5. The summed E-state index contributed by atoms with van der Waals surface area (Å²) < 4.78 is 27.7. The van der Waals surface area contributed by atoms with Crippen molar-refractivity contribution in [2.75, 3.05) is 5.32 Å². The first-order valence-electron chi connectivity index (χ1n) is 5.19. The molecule has 2 aromatic carbocycles. The van der Waals surface area contributed by atoms with Gasteiger partial charge in [0.15, 0.2) is 0 Å². The largest absolute Gasteiger partial charge is 0.319 e. The molecule has 6 heteroatoms. The maximum atomic E-state index is 13.5. The van der Waals surface area contributed by atoms with Crippen molar-refractivity contribution in [1.29, 1.82) is 0 Å². The Morgan fingerprint density at radius 2 is 1.74 bits per heavy atom. The number of carbonyl (C=O) groups excluding carboxylic acids is 1. The number of hydrogen-bond donors (Lipinski definition) is 1. The molecule has 0 spiro atoms. The molecule has 0 aliphatic carbocycles. The fourth-order valence-electron chi connectivity index (χ4n) is 1.43. The van der Waals surface area contributed by atoms with E-state index in [-0.39, 0.29) is 15.7 Å². The third kappa shape index (κ3) is 3.39. The molecule has 0 radical (unpaired) electrons. The first-order valence-corrected chi connectivity index (χ1v) is 6.77. The molecule has 2 rings (SSSR count). The summed E-state index contributed by atoms with van der Waals surface area (Å²) in [5.74, 6) is -1.69. The number of rotatable bonds is 2. The number of benzene rings is 2. The molecular weight excluding hydrogens is 384 g/mol.